The van der Waals surface area contributed by atoms with E-state index in [1.54, 1.807) is 0 Å². The Balaban J connectivity index is 1.38. The minimum absolute atomic E-state index is 0.835. The Morgan fingerprint density at radius 1 is 1.00 bits per heavy atom. The second-order valence-electron chi connectivity index (χ2n) is 7.79. The van der Waals surface area contributed by atoms with Crippen molar-refractivity contribution in [2.75, 3.05) is 26.2 Å². The van der Waals surface area contributed by atoms with Crippen molar-refractivity contribution in [1.29, 1.82) is 0 Å². The van der Waals surface area contributed by atoms with Crippen LogP contribution in [0.15, 0.2) is 0 Å². The third-order valence-corrected chi connectivity index (χ3v) is 6.03. The maximum Gasteiger partial charge on any atom is 0.0241 e. The lowest BCUT2D eigenvalue weighted by atomic mass is 9.96. The van der Waals surface area contributed by atoms with Gasteiger partial charge in [0, 0.05) is 37.3 Å². The van der Waals surface area contributed by atoms with Crippen LogP contribution in [0.3, 0.4) is 0 Å². The van der Waals surface area contributed by atoms with E-state index >= 15 is 0 Å². The number of nitrogens with one attached hydrogen (secondary N) is 1. The first-order valence-corrected chi connectivity index (χ1v) is 9.03. The zero-order valence-electron chi connectivity index (χ0n) is 13.1. The highest BCUT2D eigenvalue weighted by Crippen LogP contribution is 2.38. The molecule has 1 N–H and O–H groups in total. The molecule has 2 unspecified atom stereocenters. The topological polar surface area (TPSA) is 18.5 Å². The monoisotopic (exact) mass is 277 g/mol. The summed E-state index contributed by atoms with van der Waals surface area (Å²) in [5.74, 6) is 0.960. The van der Waals surface area contributed by atoms with E-state index in [-0.39, 0.29) is 0 Å². The van der Waals surface area contributed by atoms with Crippen LogP contribution < -0.4 is 5.32 Å². The van der Waals surface area contributed by atoms with Crippen LogP contribution in [0, 0.1) is 5.92 Å². The van der Waals surface area contributed by atoms with E-state index in [4.69, 9.17) is 0 Å². The van der Waals surface area contributed by atoms with Crippen molar-refractivity contribution in [2.45, 2.75) is 76.0 Å². The molecule has 0 bridgehead atoms. The maximum absolute atomic E-state index is 3.51. The quantitative estimate of drug-likeness (QED) is 0.830. The van der Waals surface area contributed by atoms with Crippen LogP contribution in [-0.4, -0.2) is 60.1 Å². The first kappa shape index (κ1) is 13.5. The first-order valence-electron chi connectivity index (χ1n) is 9.03. The Kier molecular flexibility index (Phi) is 3.78. The van der Waals surface area contributed by atoms with E-state index in [0.717, 1.165) is 30.1 Å². The second kappa shape index (κ2) is 5.58. The van der Waals surface area contributed by atoms with E-state index in [0.29, 0.717) is 0 Å². The Bertz CT molecular complexity index is 331. The second-order valence-corrected chi connectivity index (χ2v) is 7.79. The average molecular weight is 277 g/mol. The summed E-state index contributed by atoms with van der Waals surface area (Å²) >= 11 is 0. The molecule has 3 heteroatoms. The van der Waals surface area contributed by atoms with E-state index in [1.807, 2.05) is 0 Å². The number of nitrogens with zero attached hydrogens (tertiary/aromatic N) is 2. The fraction of sp³-hybridized carbons (Fsp3) is 1.00. The van der Waals surface area contributed by atoms with Gasteiger partial charge in [-0.05, 0) is 70.9 Å². The molecule has 0 aromatic heterocycles. The van der Waals surface area contributed by atoms with Crippen LogP contribution in [0.4, 0.5) is 0 Å². The van der Waals surface area contributed by atoms with E-state index in [9.17, 15) is 0 Å². The van der Waals surface area contributed by atoms with Gasteiger partial charge in [-0.3, -0.25) is 9.80 Å². The molecule has 0 amide bonds. The van der Waals surface area contributed by atoms with Crippen molar-refractivity contribution in [3.8, 4) is 0 Å². The fourth-order valence-electron chi connectivity index (χ4n) is 4.55. The van der Waals surface area contributed by atoms with Gasteiger partial charge in [-0.2, -0.15) is 0 Å². The Morgan fingerprint density at radius 3 is 2.40 bits per heavy atom. The average Bonchev–Trinajstić information content (AvgIpc) is 3.36. The van der Waals surface area contributed by atoms with Crippen LogP contribution in [-0.2, 0) is 0 Å². The van der Waals surface area contributed by atoms with Crippen molar-refractivity contribution in [3.63, 3.8) is 0 Å². The molecule has 2 aliphatic heterocycles. The van der Waals surface area contributed by atoms with Gasteiger partial charge >= 0.3 is 0 Å². The van der Waals surface area contributed by atoms with Crippen LogP contribution in [0.5, 0.6) is 0 Å². The molecule has 114 valence electrons. The number of hydrogen-bond acceptors (Lipinski definition) is 3. The molecule has 4 rings (SSSR count). The van der Waals surface area contributed by atoms with Gasteiger partial charge in [-0.1, -0.05) is 0 Å². The summed E-state index contributed by atoms with van der Waals surface area (Å²) in [4.78, 5) is 5.76. The minimum atomic E-state index is 0.835. The highest BCUT2D eigenvalue weighted by molar-refractivity contribution is 5.00. The number of rotatable bonds is 5. The molecule has 0 aromatic carbocycles. The highest BCUT2D eigenvalue weighted by Gasteiger charge is 2.44. The molecule has 0 spiro atoms. The minimum Gasteiger partial charge on any atom is -0.317 e. The summed E-state index contributed by atoms with van der Waals surface area (Å²) in [6.07, 6.45) is 10.1. The van der Waals surface area contributed by atoms with Gasteiger partial charge in [-0.15, -0.1) is 0 Å². The summed E-state index contributed by atoms with van der Waals surface area (Å²) in [6, 6.07) is 3.60. The standard InChI is InChI=1S/C17H31N3/c1-13-10-17(12-19(13)15-2-3-15)20(16-4-5-16)11-14-6-8-18-9-7-14/h13-18H,2-12H2,1H3. The molecule has 3 nitrogen and oxygen atoms in total. The summed E-state index contributed by atoms with van der Waals surface area (Å²) in [5.41, 5.74) is 0. The van der Waals surface area contributed by atoms with Crippen LogP contribution in [0.1, 0.15) is 51.9 Å². The highest BCUT2D eigenvalue weighted by atomic mass is 15.3. The van der Waals surface area contributed by atoms with Crippen molar-refractivity contribution in [2.24, 2.45) is 5.92 Å². The molecular formula is C17H31N3. The predicted octanol–water partition coefficient (Wildman–Crippen LogP) is 2.08. The smallest absolute Gasteiger partial charge is 0.0241 e. The maximum atomic E-state index is 3.51. The lowest BCUT2D eigenvalue weighted by Crippen LogP contribution is -2.44. The third-order valence-electron chi connectivity index (χ3n) is 6.03. The van der Waals surface area contributed by atoms with Gasteiger partial charge in [0.05, 0.1) is 0 Å². The van der Waals surface area contributed by atoms with Crippen LogP contribution in [0.25, 0.3) is 0 Å². The van der Waals surface area contributed by atoms with E-state index < -0.39 is 0 Å². The van der Waals surface area contributed by atoms with Gasteiger partial charge in [0.25, 0.3) is 0 Å². The van der Waals surface area contributed by atoms with Crippen LogP contribution >= 0.6 is 0 Å². The van der Waals surface area contributed by atoms with Crippen molar-refractivity contribution < 1.29 is 0 Å². The largest absolute Gasteiger partial charge is 0.317 e. The molecule has 4 aliphatic rings. The van der Waals surface area contributed by atoms with Gasteiger partial charge < -0.3 is 5.32 Å². The molecule has 2 saturated heterocycles. The van der Waals surface area contributed by atoms with Gasteiger partial charge in [0.1, 0.15) is 0 Å². The molecule has 2 heterocycles. The Hall–Kier alpha value is -0.120. The Labute approximate surface area is 124 Å². The SMILES string of the molecule is CC1CC(N(CC2CCNCC2)C2CC2)CN1C1CC1. The number of likely N-dealkylation sites (tertiary alicyclic amines) is 1. The molecule has 2 atom stereocenters. The van der Waals surface area contributed by atoms with Crippen molar-refractivity contribution >= 4 is 0 Å². The first-order chi connectivity index (χ1) is 9.81. The fourth-order valence-corrected chi connectivity index (χ4v) is 4.55. The van der Waals surface area contributed by atoms with Crippen molar-refractivity contribution in [1.82, 2.24) is 15.1 Å². The molecular weight excluding hydrogens is 246 g/mol. The van der Waals surface area contributed by atoms with Crippen LogP contribution in [0.2, 0.25) is 0 Å². The Morgan fingerprint density at radius 2 is 1.75 bits per heavy atom. The summed E-state index contributed by atoms with van der Waals surface area (Å²) in [7, 11) is 0. The molecule has 2 aliphatic carbocycles. The summed E-state index contributed by atoms with van der Waals surface area (Å²) in [6.45, 7) is 7.72. The summed E-state index contributed by atoms with van der Waals surface area (Å²) in [5, 5.41) is 3.51. The molecule has 20 heavy (non-hydrogen) atoms. The van der Waals surface area contributed by atoms with Gasteiger partial charge in [0.15, 0.2) is 0 Å². The molecule has 4 fully saturated rings. The molecule has 0 radical (unpaired) electrons. The lowest BCUT2D eigenvalue weighted by molar-refractivity contribution is 0.141. The lowest BCUT2D eigenvalue weighted by Gasteiger charge is -2.34. The molecule has 2 saturated carbocycles. The van der Waals surface area contributed by atoms with E-state index in [2.05, 4.69) is 22.0 Å². The number of piperidine rings is 1. The third kappa shape index (κ3) is 2.90. The van der Waals surface area contributed by atoms with Crippen molar-refractivity contribution in [3.05, 3.63) is 0 Å². The summed E-state index contributed by atoms with van der Waals surface area (Å²) < 4.78 is 0. The zero-order chi connectivity index (χ0) is 13.5. The van der Waals surface area contributed by atoms with Gasteiger partial charge in [0.2, 0.25) is 0 Å². The van der Waals surface area contributed by atoms with Gasteiger partial charge in [-0.25, -0.2) is 0 Å². The zero-order valence-corrected chi connectivity index (χ0v) is 13.1. The predicted molar refractivity (Wildman–Crippen MR) is 82.9 cm³/mol. The number of hydrogen-bond donors (Lipinski definition) is 1. The normalized spacial score (nSPS) is 36.9. The van der Waals surface area contributed by atoms with E-state index in [1.165, 1.54) is 71.1 Å². The molecule has 0 aromatic rings.